The van der Waals surface area contributed by atoms with Crippen LogP contribution in [0.15, 0.2) is 23.0 Å². The third kappa shape index (κ3) is 1.62. The summed E-state index contributed by atoms with van der Waals surface area (Å²) in [6.07, 6.45) is 0. The Kier molecular flexibility index (Phi) is 2.56. The van der Waals surface area contributed by atoms with E-state index in [4.69, 9.17) is 9.47 Å². The number of aryl methyl sites for hydroxylation is 1. The first-order valence-corrected chi connectivity index (χ1v) is 4.91. The van der Waals surface area contributed by atoms with Crippen molar-refractivity contribution in [3.8, 4) is 11.5 Å². The van der Waals surface area contributed by atoms with Crippen LogP contribution in [0.3, 0.4) is 0 Å². The number of hydrogen-bond donors (Lipinski definition) is 1. The number of methoxy groups -OCH3 is 2. The first kappa shape index (κ1) is 10.5. The van der Waals surface area contributed by atoms with Crippen molar-refractivity contribution >= 4 is 10.9 Å². The quantitative estimate of drug-likeness (QED) is 0.838. The molecule has 1 N–H and O–H groups in total. The van der Waals surface area contributed by atoms with Gasteiger partial charge in [-0.05, 0) is 19.1 Å². The van der Waals surface area contributed by atoms with Crippen LogP contribution in [-0.4, -0.2) is 19.2 Å². The molecule has 0 saturated carbocycles. The number of rotatable bonds is 2. The highest BCUT2D eigenvalue weighted by molar-refractivity contribution is 5.83. The molecule has 2 rings (SSSR count). The van der Waals surface area contributed by atoms with Crippen LogP contribution in [0, 0.1) is 6.92 Å². The van der Waals surface area contributed by atoms with Gasteiger partial charge in [0.05, 0.1) is 19.7 Å². The third-order valence-corrected chi connectivity index (χ3v) is 2.53. The Balaban J connectivity index is 2.78. The molecule has 1 heterocycles. The molecule has 1 aromatic heterocycles. The van der Waals surface area contributed by atoms with Crippen molar-refractivity contribution in [2.75, 3.05) is 14.2 Å². The molecule has 0 saturated heterocycles. The minimum absolute atomic E-state index is 0.0836. The van der Waals surface area contributed by atoms with Gasteiger partial charge >= 0.3 is 0 Å². The van der Waals surface area contributed by atoms with E-state index < -0.39 is 0 Å². The van der Waals surface area contributed by atoms with Crippen molar-refractivity contribution in [1.82, 2.24) is 4.98 Å². The van der Waals surface area contributed by atoms with Gasteiger partial charge in [0.1, 0.15) is 0 Å². The van der Waals surface area contributed by atoms with E-state index in [-0.39, 0.29) is 5.56 Å². The van der Waals surface area contributed by atoms with E-state index >= 15 is 0 Å². The zero-order valence-corrected chi connectivity index (χ0v) is 9.46. The Morgan fingerprint density at radius 1 is 1.06 bits per heavy atom. The van der Waals surface area contributed by atoms with E-state index in [1.54, 1.807) is 27.2 Å². The summed E-state index contributed by atoms with van der Waals surface area (Å²) in [6.45, 7) is 1.77. The molecule has 4 heteroatoms. The molecule has 84 valence electrons. The summed E-state index contributed by atoms with van der Waals surface area (Å²) in [7, 11) is 3.15. The predicted molar refractivity (Wildman–Crippen MR) is 62.4 cm³/mol. The summed E-state index contributed by atoms with van der Waals surface area (Å²) in [5.74, 6) is 1.26. The number of ether oxygens (including phenoxy) is 2. The average Bonchev–Trinajstić information content (AvgIpc) is 2.29. The van der Waals surface area contributed by atoms with Crippen LogP contribution in [0.4, 0.5) is 0 Å². The molecule has 0 unspecified atom stereocenters. The molecule has 0 aliphatic rings. The molecular weight excluding hydrogens is 206 g/mol. The van der Waals surface area contributed by atoms with Gasteiger partial charge in [0.2, 0.25) is 0 Å². The number of pyridine rings is 1. The van der Waals surface area contributed by atoms with E-state index in [2.05, 4.69) is 4.98 Å². The Labute approximate surface area is 92.8 Å². The fraction of sp³-hybridized carbons (Fsp3) is 0.250. The first-order chi connectivity index (χ1) is 7.65. The zero-order chi connectivity index (χ0) is 11.7. The highest BCUT2D eigenvalue weighted by Crippen LogP contribution is 2.30. The average molecular weight is 219 g/mol. The largest absolute Gasteiger partial charge is 0.493 e. The Morgan fingerprint density at radius 2 is 1.69 bits per heavy atom. The van der Waals surface area contributed by atoms with Crippen molar-refractivity contribution in [3.05, 3.63) is 34.1 Å². The van der Waals surface area contributed by atoms with Gasteiger partial charge in [-0.3, -0.25) is 4.79 Å². The number of aromatic amines is 1. The molecule has 0 fully saturated rings. The Bertz CT molecular complexity index is 587. The molecule has 1 aromatic carbocycles. The lowest BCUT2D eigenvalue weighted by atomic mass is 10.1. The maximum Gasteiger partial charge on any atom is 0.251 e. The standard InChI is InChI=1S/C12H13NO3/c1-7-4-8-5-10(15-2)11(16-3)6-9(8)13-12(7)14/h4-6H,1-3H3,(H,13,14). The third-order valence-electron chi connectivity index (χ3n) is 2.53. The lowest BCUT2D eigenvalue weighted by Gasteiger charge is -2.09. The number of nitrogens with one attached hydrogen (secondary N) is 1. The summed E-state index contributed by atoms with van der Waals surface area (Å²) >= 11 is 0. The van der Waals surface area contributed by atoms with Gasteiger partial charge in [-0.25, -0.2) is 0 Å². The normalized spacial score (nSPS) is 10.4. The van der Waals surface area contributed by atoms with E-state index in [0.29, 0.717) is 17.1 Å². The minimum atomic E-state index is -0.0836. The smallest absolute Gasteiger partial charge is 0.251 e. The second kappa shape index (κ2) is 3.89. The van der Waals surface area contributed by atoms with Crippen LogP contribution < -0.4 is 15.0 Å². The van der Waals surface area contributed by atoms with Gasteiger partial charge in [-0.15, -0.1) is 0 Å². The van der Waals surface area contributed by atoms with Gasteiger partial charge < -0.3 is 14.5 Å². The summed E-state index contributed by atoms with van der Waals surface area (Å²) in [5.41, 5.74) is 1.34. The van der Waals surface area contributed by atoms with Gasteiger partial charge in [0.25, 0.3) is 5.56 Å². The van der Waals surface area contributed by atoms with E-state index in [9.17, 15) is 4.79 Å². The van der Waals surface area contributed by atoms with Crippen molar-refractivity contribution in [3.63, 3.8) is 0 Å². The van der Waals surface area contributed by atoms with E-state index in [0.717, 1.165) is 10.9 Å². The van der Waals surface area contributed by atoms with Crippen LogP contribution in [0.25, 0.3) is 10.9 Å². The second-order valence-electron chi connectivity index (χ2n) is 3.58. The van der Waals surface area contributed by atoms with Crippen LogP contribution in [0.1, 0.15) is 5.56 Å². The van der Waals surface area contributed by atoms with Crippen molar-refractivity contribution in [2.24, 2.45) is 0 Å². The molecule has 16 heavy (non-hydrogen) atoms. The summed E-state index contributed by atoms with van der Waals surface area (Å²) < 4.78 is 10.4. The predicted octanol–water partition coefficient (Wildman–Crippen LogP) is 1.85. The molecular formula is C12H13NO3. The van der Waals surface area contributed by atoms with Crippen LogP contribution >= 0.6 is 0 Å². The molecule has 0 aliphatic heterocycles. The lowest BCUT2D eigenvalue weighted by molar-refractivity contribution is 0.356. The van der Waals surface area contributed by atoms with Crippen LogP contribution in [0.5, 0.6) is 11.5 Å². The molecule has 4 nitrogen and oxygen atoms in total. The summed E-state index contributed by atoms with van der Waals surface area (Å²) in [6, 6.07) is 5.43. The zero-order valence-electron chi connectivity index (χ0n) is 9.46. The Hall–Kier alpha value is -1.97. The van der Waals surface area contributed by atoms with Gasteiger partial charge in [-0.1, -0.05) is 0 Å². The fourth-order valence-electron chi connectivity index (χ4n) is 1.64. The van der Waals surface area contributed by atoms with Crippen molar-refractivity contribution in [2.45, 2.75) is 6.92 Å². The maximum absolute atomic E-state index is 11.5. The monoisotopic (exact) mass is 219 g/mol. The number of benzene rings is 1. The number of aromatic nitrogens is 1. The van der Waals surface area contributed by atoms with Gasteiger partial charge in [0.15, 0.2) is 11.5 Å². The van der Waals surface area contributed by atoms with Gasteiger partial charge in [-0.2, -0.15) is 0 Å². The lowest BCUT2D eigenvalue weighted by Crippen LogP contribution is -2.08. The summed E-state index contributed by atoms with van der Waals surface area (Å²) in [4.78, 5) is 14.3. The van der Waals surface area contributed by atoms with Crippen molar-refractivity contribution in [1.29, 1.82) is 0 Å². The maximum atomic E-state index is 11.5. The molecule has 0 aliphatic carbocycles. The Morgan fingerprint density at radius 3 is 2.31 bits per heavy atom. The summed E-state index contributed by atoms with van der Waals surface area (Å²) in [5, 5.41) is 0.926. The molecule has 2 aromatic rings. The number of H-pyrrole nitrogens is 1. The fourth-order valence-corrected chi connectivity index (χ4v) is 1.64. The topological polar surface area (TPSA) is 51.3 Å². The van der Waals surface area contributed by atoms with Crippen LogP contribution in [0.2, 0.25) is 0 Å². The van der Waals surface area contributed by atoms with Crippen molar-refractivity contribution < 1.29 is 9.47 Å². The highest BCUT2D eigenvalue weighted by Gasteiger charge is 2.07. The second-order valence-corrected chi connectivity index (χ2v) is 3.58. The van der Waals surface area contributed by atoms with E-state index in [1.807, 2.05) is 12.1 Å². The molecule has 0 spiro atoms. The van der Waals surface area contributed by atoms with Gasteiger partial charge in [0, 0.05) is 17.0 Å². The molecule has 0 bridgehead atoms. The number of fused-ring (bicyclic) bond motifs is 1. The number of hydrogen-bond acceptors (Lipinski definition) is 3. The highest BCUT2D eigenvalue weighted by atomic mass is 16.5. The van der Waals surface area contributed by atoms with E-state index in [1.165, 1.54) is 0 Å². The molecule has 0 radical (unpaired) electrons. The first-order valence-electron chi connectivity index (χ1n) is 4.91. The molecule has 0 atom stereocenters. The SMILES string of the molecule is COc1cc2cc(C)c(=O)[nH]c2cc1OC. The van der Waals surface area contributed by atoms with Crippen LogP contribution in [-0.2, 0) is 0 Å². The molecule has 0 amide bonds. The minimum Gasteiger partial charge on any atom is -0.493 e.